The highest BCUT2D eigenvalue weighted by atomic mass is 14.4. The Labute approximate surface area is 354 Å². The Balaban J connectivity index is 0.991. The second-order valence-electron chi connectivity index (χ2n) is 17.8. The maximum absolute atomic E-state index is 2.53. The van der Waals surface area contributed by atoms with E-state index in [2.05, 4.69) is 234 Å². The van der Waals surface area contributed by atoms with E-state index in [9.17, 15) is 0 Å². The fourth-order valence-electron chi connectivity index (χ4n) is 10.1. The van der Waals surface area contributed by atoms with Crippen LogP contribution in [0.2, 0.25) is 0 Å². The van der Waals surface area contributed by atoms with Gasteiger partial charge in [-0.2, -0.15) is 0 Å². The molecule has 0 aromatic heterocycles. The van der Waals surface area contributed by atoms with Crippen LogP contribution in [0.3, 0.4) is 0 Å². The Hall–Kier alpha value is -7.02. The average Bonchev–Trinajstić information content (AvgIpc) is 3.67. The summed E-state index contributed by atoms with van der Waals surface area (Å²) in [5.41, 5.74) is 25.6. The number of rotatable bonds is 6. The van der Waals surface area contributed by atoms with Crippen LogP contribution in [-0.2, 0) is 10.8 Å². The Morgan fingerprint density at radius 1 is 0.200 bits per heavy atom. The van der Waals surface area contributed by atoms with Gasteiger partial charge in [0.1, 0.15) is 0 Å². The predicted molar refractivity (Wildman–Crippen MR) is 254 cm³/mol. The number of fused-ring (bicyclic) bond motifs is 6. The Bertz CT molecular complexity index is 2770. The SMILES string of the molecule is CC1(C)c2cc(-c3cc(-c4ccccc4)cc(-c4ccccc4)c3)ccc2-c2cc3c(cc21)-c1ccc(-c2cc(-c4ccccc4)cc(-c4ccccc4)c2)cc1C3(C)C. The minimum Gasteiger partial charge on any atom is -0.0622 e. The van der Waals surface area contributed by atoms with E-state index >= 15 is 0 Å². The van der Waals surface area contributed by atoms with Gasteiger partial charge in [-0.25, -0.2) is 0 Å². The van der Waals surface area contributed by atoms with Crippen molar-refractivity contribution in [3.05, 3.63) is 229 Å². The molecule has 0 aliphatic heterocycles. The monoisotopic (exact) mass is 766 g/mol. The second kappa shape index (κ2) is 13.8. The maximum atomic E-state index is 2.53. The van der Waals surface area contributed by atoms with Crippen molar-refractivity contribution >= 4 is 0 Å². The molecule has 0 fully saturated rings. The molecule has 9 aromatic rings. The van der Waals surface area contributed by atoms with Gasteiger partial charge in [-0.3, -0.25) is 0 Å². The van der Waals surface area contributed by atoms with Crippen molar-refractivity contribution in [2.24, 2.45) is 0 Å². The fourth-order valence-corrected chi connectivity index (χ4v) is 10.1. The van der Waals surface area contributed by atoms with Crippen molar-refractivity contribution in [2.45, 2.75) is 38.5 Å². The molecule has 2 aliphatic carbocycles. The van der Waals surface area contributed by atoms with E-state index in [0.29, 0.717) is 0 Å². The van der Waals surface area contributed by atoms with Gasteiger partial charge >= 0.3 is 0 Å². The molecule has 0 heteroatoms. The molecule has 9 aromatic carbocycles. The normalized spacial score (nSPS) is 13.9. The third-order valence-corrected chi connectivity index (χ3v) is 13.4. The maximum Gasteiger partial charge on any atom is 0.0159 e. The molecular weight excluding hydrogens is 721 g/mol. The molecule has 0 saturated heterocycles. The largest absolute Gasteiger partial charge is 0.0622 e. The first kappa shape index (κ1) is 36.1. The quantitative estimate of drug-likeness (QED) is 0.158. The van der Waals surface area contributed by atoms with Gasteiger partial charge in [0.2, 0.25) is 0 Å². The summed E-state index contributed by atoms with van der Waals surface area (Å²) in [6.07, 6.45) is 0. The molecule has 0 amide bonds. The smallest absolute Gasteiger partial charge is 0.0159 e. The molecule has 0 nitrogen and oxygen atoms in total. The molecule has 286 valence electrons. The van der Waals surface area contributed by atoms with Gasteiger partial charge in [-0.1, -0.05) is 173 Å². The zero-order valence-electron chi connectivity index (χ0n) is 34.6. The zero-order chi connectivity index (χ0) is 40.6. The minimum absolute atomic E-state index is 0.159. The lowest BCUT2D eigenvalue weighted by Gasteiger charge is -2.24. The molecule has 60 heavy (non-hydrogen) atoms. The van der Waals surface area contributed by atoms with Crippen molar-refractivity contribution in [1.29, 1.82) is 0 Å². The topological polar surface area (TPSA) is 0 Å². The van der Waals surface area contributed by atoms with Gasteiger partial charge in [0, 0.05) is 10.8 Å². The van der Waals surface area contributed by atoms with Crippen LogP contribution in [0.4, 0.5) is 0 Å². The summed E-state index contributed by atoms with van der Waals surface area (Å²) in [5, 5.41) is 0. The van der Waals surface area contributed by atoms with Gasteiger partial charge in [0.05, 0.1) is 0 Å². The molecule has 0 N–H and O–H groups in total. The van der Waals surface area contributed by atoms with E-state index in [1.807, 2.05) is 0 Å². The summed E-state index contributed by atoms with van der Waals surface area (Å²) < 4.78 is 0. The van der Waals surface area contributed by atoms with Crippen LogP contribution in [0.25, 0.3) is 89.0 Å². The molecule has 2 aliphatic rings. The zero-order valence-corrected chi connectivity index (χ0v) is 34.6. The lowest BCUT2D eigenvalue weighted by atomic mass is 9.79. The van der Waals surface area contributed by atoms with E-state index in [1.54, 1.807) is 0 Å². The number of hydrogen-bond donors (Lipinski definition) is 0. The first-order valence-electron chi connectivity index (χ1n) is 21.2. The molecule has 0 bridgehead atoms. The molecule has 0 heterocycles. The molecule has 0 saturated carbocycles. The second-order valence-corrected chi connectivity index (χ2v) is 17.8. The van der Waals surface area contributed by atoms with Crippen molar-refractivity contribution in [1.82, 2.24) is 0 Å². The van der Waals surface area contributed by atoms with Crippen molar-refractivity contribution in [3.63, 3.8) is 0 Å². The van der Waals surface area contributed by atoms with E-state index in [1.165, 1.54) is 111 Å². The molecule has 11 rings (SSSR count). The van der Waals surface area contributed by atoms with Gasteiger partial charge in [0.25, 0.3) is 0 Å². The molecular formula is C60H46. The lowest BCUT2D eigenvalue weighted by Crippen LogP contribution is -2.17. The van der Waals surface area contributed by atoms with E-state index in [0.717, 1.165) is 0 Å². The summed E-state index contributed by atoms with van der Waals surface area (Å²) in [4.78, 5) is 0. The third-order valence-electron chi connectivity index (χ3n) is 13.4. The Kier molecular flexibility index (Phi) is 8.29. The summed E-state index contributed by atoms with van der Waals surface area (Å²) in [5.74, 6) is 0. The van der Waals surface area contributed by atoms with Gasteiger partial charge in [-0.05, 0) is 172 Å². The summed E-state index contributed by atoms with van der Waals surface area (Å²) in [6, 6.07) is 76.6. The summed E-state index contributed by atoms with van der Waals surface area (Å²) >= 11 is 0. The van der Waals surface area contributed by atoms with E-state index < -0.39 is 0 Å². The standard InChI is InChI=1S/C60H46/c1-59(2)55-35-43(49-31-45(39-17-9-5-10-18-39)29-46(32-49)40-19-11-6-12-20-40)25-27-51(55)53-38-58-54(37-57(53)59)52-28-26-44(36-56(52)60(58,3)4)50-33-47(41-21-13-7-14-22-41)30-48(34-50)42-23-15-8-16-24-42/h5-38H,1-4H3. The summed E-state index contributed by atoms with van der Waals surface area (Å²) in [7, 11) is 0. The highest BCUT2D eigenvalue weighted by molar-refractivity contribution is 5.93. The van der Waals surface area contributed by atoms with Crippen LogP contribution < -0.4 is 0 Å². The molecule has 0 spiro atoms. The third kappa shape index (κ3) is 5.89. The first-order chi connectivity index (χ1) is 29.2. The minimum atomic E-state index is -0.159. The van der Waals surface area contributed by atoms with Crippen molar-refractivity contribution in [2.75, 3.05) is 0 Å². The van der Waals surface area contributed by atoms with E-state index in [4.69, 9.17) is 0 Å². The summed E-state index contributed by atoms with van der Waals surface area (Å²) in [6.45, 7) is 9.66. The van der Waals surface area contributed by atoms with Gasteiger partial charge < -0.3 is 0 Å². The molecule has 0 radical (unpaired) electrons. The highest BCUT2D eigenvalue weighted by Crippen LogP contribution is 2.57. The van der Waals surface area contributed by atoms with Crippen LogP contribution in [-0.4, -0.2) is 0 Å². The van der Waals surface area contributed by atoms with Crippen LogP contribution in [0.5, 0.6) is 0 Å². The van der Waals surface area contributed by atoms with Gasteiger partial charge in [0.15, 0.2) is 0 Å². The van der Waals surface area contributed by atoms with E-state index in [-0.39, 0.29) is 10.8 Å². The fraction of sp³-hybridized carbons (Fsp3) is 0.100. The van der Waals surface area contributed by atoms with Crippen LogP contribution in [0.15, 0.2) is 206 Å². The molecule has 0 unspecified atom stereocenters. The van der Waals surface area contributed by atoms with Gasteiger partial charge in [-0.15, -0.1) is 0 Å². The van der Waals surface area contributed by atoms with Crippen molar-refractivity contribution < 1.29 is 0 Å². The van der Waals surface area contributed by atoms with Crippen LogP contribution >= 0.6 is 0 Å². The first-order valence-corrected chi connectivity index (χ1v) is 21.2. The average molecular weight is 767 g/mol. The Morgan fingerprint density at radius 2 is 0.450 bits per heavy atom. The Morgan fingerprint density at radius 3 is 0.733 bits per heavy atom. The van der Waals surface area contributed by atoms with Crippen molar-refractivity contribution in [3.8, 4) is 89.0 Å². The lowest BCUT2D eigenvalue weighted by molar-refractivity contribution is 0.652. The molecule has 0 atom stereocenters. The highest BCUT2D eigenvalue weighted by Gasteiger charge is 2.42. The number of hydrogen-bond acceptors (Lipinski definition) is 0. The van der Waals surface area contributed by atoms with Crippen LogP contribution in [0.1, 0.15) is 49.9 Å². The van der Waals surface area contributed by atoms with Crippen LogP contribution in [0, 0.1) is 0 Å². The number of benzene rings is 9. The predicted octanol–water partition coefficient (Wildman–Crippen LogP) is 16.3.